The Hall–Kier alpha value is -2.26. The van der Waals surface area contributed by atoms with Gasteiger partial charge in [-0.3, -0.25) is 14.7 Å². The normalized spacial score (nSPS) is 10.2. The average Bonchev–Trinajstić information content (AvgIpc) is 3.18. The number of anilines is 1. The van der Waals surface area contributed by atoms with Crippen molar-refractivity contribution in [2.75, 3.05) is 31.8 Å². The van der Waals surface area contributed by atoms with E-state index in [0.717, 1.165) is 5.56 Å². The molecule has 7 nitrogen and oxygen atoms in total. The van der Waals surface area contributed by atoms with E-state index in [-0.39, 0.29) is 24.9 Å². The molecule has 0 saturated carbocycles. The number of amides is 1. The van der Waals surface area contributed by atoms with Gasteiger partial charge in [0.25, 0.3) is 5.91 Å². The van der Waals surface area contributed by atoms with Crippen LogP contribution in [0.4, 0.5) is 5.13 Å². The molecule has 10 heteroatoms. The molecule has 0 unspecified atom stereocenters. The van der Waals surface area contributed by atoms with E-state index in [1.807, 2.05) is 12.1 Å². The highest BCUT2D eigenvalue weighted by Gasteiger charge is 2.21. The first-order valence-corrected chi connectivity index (χ1v) is 9.28. The summed E-state index contributed by atoms with van der Waals surface area (Å²) >= 11 is 7.16. The SMILES string of the molecule is COCCN(C(=O)COc1ccc(Cl)cc1)c1nnc(-c2cccnc2)s1.[Cl-]. The van der Waals surface area contributed by atoms with E-state index < -0.39 is 0 Å². The van der Waals surface area contributed by atoms with Crippen molar-refractivity contribution >= 4 is 34.0 Å². The second kappa shape index (κ2) is 10.9. The van der Waals surface area contributed by atoms with Crippen LogP contribution in [0.15, 0.2) is 48.8 Å². The fourth-order valence-electron chi connectivity index (χ4n) is 2.19. The number of halogens is 2. The Morgan fingerprint density at radius 2 is 2.00 bits per heavy atom. The summed E-state index contributed by atoms with van der Waals surface area (Å²) in [6.07, 6.45) is 3.39. The van der Waals surface area contributed by atoms with Crippen LogP contribution in [-0.4, -0.2) is 48.0 Å². The monoisotopic (exact) mass is 439 g/mol. The van der Waals surface area contributed by atoms with Crippen LogP contribution in [0.3, 0.4) is 0 Å². The molecular weight excluding hydrogens is 423 g/mol. The summed E-state index contributed by atoms with van der Waals surface area (Å²) in [4.78, 5) is 18.3. The largest absolute Gasteiger partial charge is 1.00 e. The molecule has 0 radical (unpaired) electrons. The minimum absolute atomic E-state index is 0. The molecule has 3 aromatic rings. The Morgan fingerprint density at radius 1 is 1.21 bits per heavy atom. The number of nitrogens with zero attached hydrogens (tertiary/aromatic N) is 4. The van der Waals surface area contributed by atoms with Crippen molar-refractivity contribution in [1.82, 2.24) is 15.2 Å². The van der Waals surface area contributed by atoms with Crippen molar-refractivity contribution in [3.05, 3.63) is 53.8 Å². The molecule has 0 aliphatic carbocycles. The Kier molecular flexibility index (Phi) is 8.59. The van der Waals surface area contributed by atoms with Gasteiger partial charge < -0.3 is 21.9 Å². The Morgan fingerprint density at radius 3 is 2.68 bits per heavy atom. The van der Waals surface area contributed by atoms with E-state index in [2.05, 4.69) is 15.2 Å². The van der Waals surface area contributed by atoms with Crippen molar-refractivity contribution < 1.29 is 26.7 Å². The Labute approximate surface area is 177 Å². The molecule has 28 heavy (non-hydrogen) atoms. The van der Waals surface area contributed by atoms with Crippen LogP contribution >= 0.6 is 22.9 Å². The third kappa shape index (κ3) is 5.87. The number of aromatic nitrogens is 3. The molecule has 0 aliphatic rings. The predicted octanol–water partition coefficient (Wildman–Crippen LogP) is 0.316. The molecule has 1 amide bonds. The zero-order valence-electron chi connectivity index (χ0n) is 14.9. The molecule has 0 N–H and O–H groups in total. The number of rotatable bonds is 8. The lowest BCUT2D eigenvalue weighted by Gasteiger charge is -2.19. The Balaban J connectivity index is 0.00000280. The van der Waals surface area contributed by atoms with E-state index in [0.29, 0.717) is 34.1 Å². The molecule has 0 saturated heterocycles. The summed E-state index contributed by atoms with van der Waals surface area (Å²) in [7, 11) is 1.58. The number of methoxy groups -OCH3 is 1. The van der Waals surface area contributed by atoms with Gasteiger partial charge in [0.1, 0.15) is 5.75 Å². The zero-order valence-corrected chi connectivity index (χ0v) is 17.2. The molecule has 148 valence electrons. The van der Waals surface area contributed by atoms with Crippen LogP contribution in [0.2, 0.25) is 5.02 Å². The number of pyridine rings is 1. The maximum Gasteiger partial charge on any atom is 0.266 e. The molecule has 0 fully saturated rings. The highest BCUT2D eigenvalue weighted by molar-refractivity contribution is 7.18. The van der Waals surface area contributed by atoms with Crippen LogP contribution in [0, 0.1) is 0 Å². The molecular formula is C18H17Cl2N4O3S-. The maximum atomic E-state index is 12.7. The van der Waals surface area contributed by atoms with Gasteiger partial charge in [0.15, 0.2) is 11.6 Å². The summed E-state index contributed by atoms with van der Waals surface area (Å²) in [6, 6.07) is 10.5. The van der Waals surface area contributed by atoms with E-state index in [1.54, 1.807) is 43.8 Å². The smallest absolute Gasteiger partial charge is 0.266 e. The summed E-state index contributed by atoms with van der Waals surface area (Å²) in [5, 5.41) is 10.1. The molecule has 2 heterocycles. The lowest BCUT2D eigenvalue weighted by molar-refractivity contribution is -0.120. The summed E-state index contributed by atoms with van der Waals surface area (Å²) in [5.74, 6) is 0.323. The highest BCUT2D eigenvalue weighted by atomic mass is 35.5. The molecule has 0 atom stereocenters. The van der Waals surface area contributed by atoms with Crippen LogP contribution in [-0.2, 0) is 9.53 Å². The third-order valence-corrected chi connectivity index (χ3v) is 4.80. The quantitative estimate of drug-likeness (QED) is 0.502. The van der Waals surface area contributed by atoms with Crippen LogP contribution in [0.1, 0.15) is 0 Å². The second-order valence-corrected chi connectivity index (χ2v) is 6.80. The van der Waals surface area contributed by atoms with Gasteiger partial charge in [-0.15, -0.1) is 10.2 Å². The van der Waals surface area contributed by atoms with E-state index in [4.69, 9.17) is 21.1 Å². The third-order valence-electron chi connectivity index (χ3n) is 3.55. The lowest BCUT2D eigenvalue weighted by Crippen LogP contribution is -3.00. The molecule has 0 bridgehead atoms. The lowest BCUT2D eigenvalue weighted by atomic mass is 10.3. The highest BCUT2D eigenvalue weighted by Crippen LogP contribution is 2.28. The molecule has 0 spiro atoms. The standard InChI is InChI=1S/C18H17ClN4O3S.ClH/c1-25-10-9-23(16(24)12-26-15-6-4-14(19)5-7-15)18-22-21-17(27-18)13-3-2-8-20-11-13;/h2-8,11H,9-10,12H2,1H3;1H/p-1. The van der Waals surface area contributed by atoms with Gasteiger partial charge >= 0.3 is 0 Å². The van der Waals surface area contributed by atoms with Crippen molar-refractivity contribution in [1.29, 1.82) is 0 Å². The Bertz CT molecular complexity index is 878. The number of benzene rings is 1. The van der Waals surface area contributed by atoms with E-state index in [1.165, 1.54) is 16.2 Å². The van der Waals surface area contributed by atoms with Gasteiger partial charge in [0.2, 0.25) is 5.13 Å². The minimum atomic E-state index is -0.240. The van der Waals surface area contributed by atoms with Crippen LogP contribution in [0.5, 0.6) is 5.75 Å². The fraction of sp³-hybridized carbons (Fsp3) is 0.222. The second-order valence-electron chi connectivity index (χ2n) is 5.41. The van der Waals surface area contributed by atoms with E-state index >= 15 is 0 Å². The maximum absolute atomic E-state index is 12.7. The van der Waals surface area contributed by atoms with Gasteiger partial charge in [0.05, 0.1) is 13.2 Å². The van der Waals surface area contributed by atoms with Crippen molar-refractivity contribution in [3.8, 4) is 16.3 Å². The first kappa shape index (κ1) is 22.0. The topological polar surface area (TPSA) is 77.4 Å². The first-order valence-electron chi connectivity index (χ1n) is 8.09. The zero-order chi connectivity index (χ0) is 19.1. The van der Waals surface area contributed by atoms with Crippen molar-refractivity contribution in [3.63, 3.8) is 0 Å². The van der Waals surface area contributed by atoms with Gasteiger partial charge in [-0.1, -0.05) is 22.9 Å². The summed E-state index contributed by atoms with van der Waals surface area (Å²) < 4.78 is 10.7. The molecule has 2 aromatic heterocycles. The number of carbonyl (C=O) groups excluding carboxylic acids is 1. The van der Waals surface area contributed by atoms with Gasteiger partial charge in [-0.05, 0) is 36.4 Å². The first-order chi connectivity index (χ1) is 13.2. The summed E-state index contributed by atoms with van der Waals surface area (Å²) in [5.41, 5.74) is 0.845. The molecule has 0 aliphatic heterocycles. The van der Waals surface area contributed by atoms with Crippen molar-refractivity contribution in [2.45, 2.75) is 0 Å². The van der Waals surface area contributed by atoms with Crippen LogP contribution in [0.25, 0.3) is 10.6 Å². The number of hydrogen-bond donors (Lipinski definition) is 0. The fourth-order valence-corrected chi connectivity index (χ4v) is 3.20. The van der Waals surface area contributed by atoms with Gasteiger partial charge in [0, 0.05) is 30.1 Å². The number of hydrogen-bond acceptors (Lipinski definition) is 7. The molecule has 3 rings (SSSR count). The predicted molar refractivity (Wildman–Crippen MR) is 104 cm³/mol. The van der Waals surface area contributed by atoms with E-state index in [9.17, 15) is 4.79 Å². The molecule has 1 aromatic carbocycles. The number of ether oxygens (including phenoxy) is 2. The number of carbonyl (C=O) groups is 1. The van der Waals surface area contributed by atoms with Crippen LogP contribution < -0.4 is 22.0 Å². The van der Waals surface area contributed by atoms with Gasteiger partial charge in [-0.2, -0.15) is 0 Å². The van der Waals surface area contributed by atoms with Crippen molar-refractivity contribution in [2.24, 2.45) is 0 Å². The average molecular weight is 440 g/mol. The summed E-state index contributed by atoms with van der Waals surface area (Å²) in [6.45, 7) is 0.586. The minimum Gasteiger partial charge on any atom is -1.00 e. The van der Waals surface area contributed by atoms with Gasteiger partial charge in [-0.25, -0.2) is 0 Å².